The molecule has 0 fully saturated rings. The van der Waals surface area contributed by atoms with Gasteiger partial charge in [-0.2, -0.15) is 0 Å². The van der Waals surface area contributed by atoms with Gasteiger partial charge in [0, 0.05) is 18.5 Å². The molecular weight excluding hydrogens is 242 g/mol. The number of aryl methyl sites for hydroxylation is 1. The predicted octanol–water partition coefficient (Wildman–Crippen LogP) is 1.46. The molecule has 6 nitrogen and oxygen atoms in total. The van der Waals surface area contributed by atoms with Crippen LogP contribution in [0.2, 0.25) is 0 Å². The van der Waals surface area contributed by atoms with Gasteiger partial charge in [0.15, 0.2) is 5.82 Å². The molecule has 7 heteroatoms. The lowest BCUT2D eigenvalue weighted by atomic mass is 10.4. The molecule has 0 unspecified atom stereocenters. The quantitative estimate of drug-likeness (QED) is 0.892. The number of nitrogens with zero attached hydrogens (tertiary/aromatic N) is 3. The predicted molar refractivity (Wildman–Crippen MR) is 61.4 cm³/mol. The summed E-state index contributed by atoms with van der Waals surface area (Å²) in [6.07, 6.45) is 0. The number of aromatic carboxylic acids is 1. The summed E-state index contributed by atoms with van der Waals surface area (Å²) in [4.78, 5) is 10.9. The Balaban J connectivity index is 2.02. The fraction of sp³-hybridized carbons (Fsp3) is 0.300. The average Bonchev–Trinajstić information content (AvgIpc) is 2.86. The van der Waals surface area contributed by atoms with Crippen LogP contribution in [0.25, 0.3) is 0 Å². The molecular formula is C10H11N3O3S. The summed E-state index contributed by atoms with van der Waals surface area (Å²) in [6.45, 7) is 2.12. The lowest BCUT2D eigenvalue weighted by Gasteiger charge is -2.03. The van der Waals surface area contributed by atoms with Gasteiger partial charge in [-0.3, -0.25) is 0 Å². The average molecular weight is 253 g/mol. The van der Waals surface area contributed by atoms with Crippen molar-refractivity contribution >= 4 is 17.3 Å². The molecule has 1 N–H and O–H groups in total. The number of aromatic nitrogens is 3. The number of carboxylic acids is 1. The first-order valence-corrected chi connectivity index (χ1v) is 5.75. The van der Waals surface area contributed by atoms with E-state index in [1.54, 1.807) is 5.38 Å². The number of carboxylic acid groups (broad SMARTS) is 1. The molecule has 2 aromatic rings. The molecule has 0 aliphatic carbocycles. The molecule has 90 valence electrons. The summed E-state index contributed by atoms with van der Waals surface area (Å²) >= 11 is 1.13. The fourth-order valence-electron chi connectivity index (χ4n) is 1.23. The molecule has 2 aromatic heterocycles. The highest BCUT2D eigenvalue weighted by molar-refractivity contribution is 7.12. The van der Waals surface area contributed by atoms with Gasteiger partial charge >= 0.3 is 5.97 Å². The van der Waals surface area contributed by atoms with Crippen LogP contribution in [0.15, 0.2) is 11.4 Å². The van der Waals surface area contributed by atoms with Crippen molar-refractivity contribution in [2.45, 2.75) is 13.5 Å². The summed E-state index contributed by atoms with van der Waals surface area (Å²) in [6, 6.07) is 1.50. The van der Waals surface area contributed by atoms with E-state index in [1.165, 1.54) is 6.07 Å². The molecule has 0 bridgehead atoms. The summed E-state index contributed by atoms with van der Waals surface area (Å²) in [7, 11) is 1.85. The summed E-state index contributed by atoms with van der Waals surface area (Å²) in [5.74, 6) is 1.10. The Hall–Kier alpha value is -1.89. The van der Waals surface area contributed by atoms with Crippen LogP contribution in [0.1, 0.15) is 21.3 Å². The van der Waals surface area contributed by atoms with Gasteiger partial charge in [-0.05, 0) is 6.92 Å². The number of rotatable bonds is 4. The van der Waals surface area contributed by atoms with E-state index in [1.807, 2.05) is 18.5 Å². The van der Waals surface area contributed by atoms with Gasteiger partial charge in [-0.25, -0.2) is 4.79 Å². The highest BCUT2D eigenvalue weighted by Crippen LogP contribution is 2.22. The zero-order valence-corrected chi connectivity index (χ0v) is 10.2. The van der Waals surface area contributed by atoms with Crippen molar-refractivity contribution in [3.63, 3.8) is 0 Å². The Morgan fingerprint density at radius 2 is 2.35 bits per heavy atom. The Bertz CT molecular complexity index is 547. The summed E-state index contributed by atoms with van der Waals surface area (Å²) in [5.41, 5.74) is 0. The maximum atomic E-state index is 10.7. The first-order valence-electron chi connectivity index (χ1n) is 4.87. The number of hydrogen-bond donors (Lipinski definition) is 1. The van der Waals surface area contributed by atoms with E-state index in [9.17, 15) is 4.79 Å². The molecule has 0 saturated carbocycles. The number of hydrogen-bond acceptors (Lipinski definition) is 5. The van der Waals surface area contributed by atoms with E-state index in [-0.39, 0.29) is 11.5 Å². The van der Waals surface area contributed by atoms with Crippen LogP contribution in [-0.4, -0.2) is 25.8 Å². The van der Waals surface area contributed by atoms with Crippen LogP contribution in [0.4, 0.5) is 0 Å². The molecule has 0 aromatic carbocycles. The highest BCUT2D eigenvalue weighted by Gasteiger charge is 2.09. The third-order valence-corrected chi connectivity index (χ3v) is 3.23. The molecule has 0 spiro atoms. The van der Waals surface area contributed by atoms with Crippen LogP contribution in [0.3, 0.4) is 0 Å². The normalized spacial score (nSPS) is 10.5. The largest absolute Gasteiger partial charge is 0.485 e. The Labute approximate surface area is 101 Å². The maximum Gasteiger partial charge on any atom is 0.346 e. The minimum atomic E-state index is -0.945. The van der Waals surface area contributed by atoms with E-state index in [2.05, 4.69) is 10.2 Å². The maximum absolute atomic E-state index is 10.7. The van der Waals surface area contributed by atoms with Gasteiger partial charge in [-0.1, -0.05) is 0 Å². The molecule has 0 atom stereocenters. The molecule has 17 heavy (non-hydrogen) atoms. The topological polar surface area (TPSA) is 77.2 Å². The van der Waals surface area contributed by atoms with E-state index < -0.39 is 5.97 Å². The Morgan fingerprint density at radius 1 is 1.59 bits per heavy atom. The molecule has 0 aliphatic rings. The first kappa shape index (κ1) is 11.6. The van der Waals surface area contributed by atoms with Crippen LogP contribution >= 0.6 is 11.3 Å². The van der Waals surface area contributed by atoms with Gasteiger partial charge < -0.3 is 14.4 Å². The van der Waals surface area contributed by atoms with Crippen LogP contribution < -0.4 is 4.74 Å². The Morgan fingerprint density at radius 3 is 2.88 bits per heavy atom. The first-order chi connectivity index (χ1) is 8.08. The fourth-order valence-corrected chi connectivity index (χ4v) is 1.90. The van der Waals surface area contributed by atoms with Crippen molar-refractivity contribution in [1.82, 2.24) is 14.8 Å². The van der Waals surface area contributed by atoms with Crippen LogP contribution in [0.5, 0.6) is 5.75 Å². The lowest BCUT2D eigenvalue weighted by Crippen LogP contribution is -2.04. The zero-order valence-electron chi connectivity index (χ0n) is 9.38. The second kappa shape index (κ2) is 4.54. The van der Waals surface area contributed by atoms with Gasteiger partial charge in [-0.15, -0.1) is 21.5 Å². The van der Waals surface area contributed by atoms with Crippen molar-refractivity contribution in [2.24, 2.45) is 7.05 Å². The number of ether oxygens (including phenoxy) is 1. The van der Waals surface area contributed by atoms with Gasteiger partial charge in [0.2, 0.25) is 0 Å². The van der Waals surface area contributed by atoms with E-state index in [0.29, 0.717) is 11.6 Å². The SMILES string of the molecule is Cc1nnc(COc2csc(C(=O)O)c2)n1C. The summed E-state index contributed by atoms with van der Waals surface area (Å²) < 4.78 is 7.26. The molecule has 0 aliphatic heterocycles. The van der Waals surface area contributed by atoms with E-state index >= 15 is 0 Å². The minimum Gasteiger partial charge on any atom is -0.485 e. The second-order valence-electron chi connectivity index (χ2n) is 3.46. The van der Waals surface area contributed by atoms with Crippen molar-refractivity contribution in [3.8, 4) is 5.75 Å². The molecule has 0 saturated heterocycles. The minimum absolute atomic E-state index is 0.258. The molecule has 2 heterocycles. The Kier molecular flexibility index (Phi) is 3.10. The summed E-state index contributed by atoms with van der Waals surface area (Å²) in [5, 5.41) is 18.3. The molecule has 2 rings (SSSR count). The van der Waals surface area contributed by atoms with Gasteiger partial charge in [0.1, 0.15) is 23.1 Å². The third kappa shape index (κ3) is 2.44. The second-order valence-corrected chi connectivity index (χ2v) is 4.37. The third-order valence-electron chi connectivity index (χ3n) is 2.34. The van der Waals surface area contributed by atoms with E-state index in [4.69, 9.17) is 9.84 Å². The van der Waals surface area contributed by atoms with Gasteiger partial charge in [0.05, 0.1) is 0 Å². The number of thiophene rings is 1. The van der Waals surface area contributed by atoms with Crippen LogP contribution in [-0.2, 0) is 13.7 Å². The zero-order chi connectivity index (χ0) is 12.4. The highest BCUT2D eigenvalue weighted by atomic mass is 32.1. The van der Waals surface area contributed by atoms with Crippen molar-refractivity contribution in [3.05, 3.63) is 28.0 Å². The van der Waals surface area contributed by atoms with Crippen molar-refractivity contribution in [1.29, 1.82) is 0 Å². The van der Waals surface area contributed by atoms with Crippen LogP contribution in [0, 0.1) is 6.92 Å². The standard InChI is InChI=1S/C10H11N3O3S/c1-6-11-12-9(13(6)2)4-16-7-3-8(10(14)15)17-5-7/h3,5H,4H2,1-2H3,(H,14,15). The lowest BCUT2D eigenvalue weighted by molar-refractivity contribution is 0.0702. The smallest absolute Gasteiger partial charge is 0.346 e. The molecule has 0 radical (unpaired) electrons. The van der Waals surface area contributed by atoms with Crippen molar-refractivity contribution in [2.75, 3.05) is 0 Å². The van der Waals surface area contributed by atoms with E-state index in [0.717, 1.165) is 17.2 Å². The molecule has 0 amide bonds. The van der Waals surface area contributed by atoms with Gasteiger partial charge in [0.25, 0.3) is 0 Å². The monoisotopic (exact) mass is 253 g/mol. The number of carbonyl (C=O) groups is 1. The van der Waals surface area contributed by atoms with Crippen molar-refractivity contribution < 1.29 is 14.6 Å².